The van der Waals surface area contributed by atoms with Gasteiger partial charge in [0, 0.05) is 12.0 Å². The Balaban J connectivity index is 2.45. The molecule has 1 aromatic rings. The zero-order valence-electron chi connectivity index (χ0n) is 9.52. The number of methoxy groups -OCH3 is 1. The van der Waals surface area contributed by atoms with Gasteiger partial charge in [0.25, 0.3) is 0 Å². The summed E-state index contributed by atoms with van der Waals surface area (Å²) in [6, 6.07) is 0. The van der Waals surface area contributed by atoms with Crippen LogP contribution < -0.4 is 0 Å². The summed E-state index contributed by atoms with van der Waals surface area (Å²) in [6.07, 6.45) is 2.17. The van der Waals surface area contributed by atoms with E-state index in [1.54, 1.807) is 6.92 Å². The lowest BCUT2D eigenvalue weighted by Crippen LogP contribution is -2.44. The highest BCUT2D eigenvalue weighted by Crippen LogP contribution is 2.38. The standard InChI is InChI=1S/C11H12O6/c1-3-11(17-10(13)14-2)8-6-15-4-7(8)5-16-9(11)12/h4,6H,3,5H2,1-2H3/t11-/m0/s1. The van der Waals surface area contributed by atoms with E-state index in [1.807, 2.05) is 0 Å². The van der Waals surface area contributed by atoms with Crippen molar-refractivity contribution in [3.8, 4) is 0 Å². The van der Waals surface area contributed by atoms with E-state index in [0.29, 0.717) is 11.1 Å². The zero-order chi connectivity index (χ0) is 12.5. The molecule has 6 heteroatoms. The molecule has 0 fully saturated rings. The third-order valence-corrected chi connectivity index (χ3v) is 2.79. The molecular weight excluding hydrogens is 228 g/mol. The molecule has 2 rings (SSSR count). The maximum absolute atomic E-state index is 11.9. The minimum absolute atomic E-state index is 0.122. The topological polar surface area (TPSA) is 75.0 Å². The highest BCUT2D eigenvalue weighted by atomic mass is 16.7. The average molecular weight is 240 g/mol. The van der Waals surface area contributed by atoms with Crippen LogP contribution in [0.25, 0.3) is 0 Å². The van der Waals surface area contributed by atoms with Crippen LogP contribution >= 0.6 is 0 Å². The number of fused-ring (bicyclic) bond motifs is 1. The Hall–Kier alpha value is -1.98. The monoisotopic (exact) mass is 240 g/mol. The molecule has 0 saturated heterocycles. The Morgan fingerprint density at radius 1 is 1.53 bits per heavy atom. The number of ether oxygens (including phenoxy) is 3. The van der Waals surface area contributed by atoms with Crippen molar-refractivity contribution in [1.82, 2.24) is 0 Å². The van der Waals surface area contributed by atoms with Crippen LogP contribution in [0.2, 0.25) is 0 Å². The second kappa shape index (κ2) is 4.12. The first-order valence-corrected chi connectivity index (χ1v) is 5.13. The molecule has 0 saturated carbocycles. The fourth-order valence-corrected chi connectivity index (χ4v) is 1.85. The third kappa shape index (κ3) is 1.65. The Morgan fingerprint density at radius 2 is 2.29 bits per heavy atom. The normalized spacial score (nSPS) is 22.6. The van der Waals surface area contributed by atoms with E-state index < -0.39 is 17.7 Å². The van der Waals surface area contributed by atoms with Gasteiger partial charge in [-0.15, -0.1) is 0 Å². The van der Waals surface area contributed by atoms with E-state index in [-0.39, 0.29) is 13.0 Å². The second-order valence-electron chi connectivity index (χ2n) is 3.62. The first kappa shape index (κ1) is 11.5. The highest BCUT2D eigenvalue weighted by molar-refractivity contribution is 5.85. The first-order valence-electron chi connectivity index (χ1n) is 5.13. The Kier molecular flexibility index (Phi) is 2.79. The van der Waals surface area contributed by atoms with Crippen LogP contribution in [0.4, 0.5) is 4.79 Å². The van der Waals surface area contributed by atoms with Crippen LogP contribution in [0.3, 0.4) is 0 Å². The van der Waals surface area contributed by atoms with Crippen LogP contribution in [0.15, 0.2) is 16.9 Å². The number of furan rings is 1. The smallest absolute Gasteiger partial charge is 0.472 e. The van der Waals surface area contributed by atoms with Crippen LogP contribution in [-0.4, -0.2) is 19.2 Å². The van der Waals surface area contributed by atoms with Gasteiger partial charge < -0.3 is 18.6 Å². The van der Waals surface area contributed by atoms with Crippen molar-refractivity contribution in [2.75, 3.05) is 7.11 Å². The van der Waals surface area contributed by atoms with Crippen molar-refractivity contribution in [3.05, 3.63) is 23.7 Å². The van der Waals surface area contributed by atoms with Gasteiger partial charge in [0.05, 0.1) is 25.2 Å². The molecule has 2 heterocycles. The van der Waals surface area contributed by atoms with Crippen molar-refractivity contribution in [1.29, 1.82) is 0 Å². The minimum Gasteiger partial charge on any atom is -0.472 e. The molecule has 0 aromatic carbocycles. The molecule has 1 aromatic heterocycles. The molecule has 0 aliphatic carbocycles. The first-order chi connectivity index (χ1) is 8.14. The van der Waals surface area contributed by atoms with E-state index in [9.17, 15) is 9.59 Å². The van der Waals surface area contributed by atoms with Crippen molar-refractivity contribution < 1.29 is 28.2 Å². The van der Waals surface area contributed by atoms with E-state index in [1.165, 1.54) is 19.6 Å². The van der Waals surface area contributed by atoms with E-state index in [2.05, 4.69) is 4.74 Å². The van der Waals surface area contributed by atoms with Crippen molar-refractivity contribution >= 4 is 12.1 Å². The van der Waals surface area contributed by atoms with Crippen LogP contribution in [0, 0.1) is 0 Å². The Bertz CT molecular complexity index is 449. The molecule has 17 heavy (non-hydrogen) atoms. The summed E-state index contributed by atoms with van der Waals surface area (Å²) in [4.78, 5) is 23.1. The molecule has 92 valence electrons. The molecule has 0 spiro atoms. The van der Waals surface area contributed by atoms with Crippen LogP contribution in [0.5, 0.6) is 0 Å². The molecule has 1 aliphatic rings. The predicted octanol–water partition coefficient (Wildman–Crippen LogP) is 1.72. The second-order valence-corrected chi connectivity index (χ2v) is 3.62. The molecule has 6 nitrogen and oxygen atoms in total. The van der Waals surface area contributed by atoms with Crippen molar-refractivity contribution in [2.24, 2.45) is 0 Å². The fraction of sp³-hybridized carbons (Fsp3) is 0.455. The number of hydrogen-bond acceptors (Lipinski definition) is 6. The third-order valence-electron chi connectivity index (χ3n) is 2.79. The van der Waals surface area contributed by atoms with Gasteiger partial charge in [-0.25, -0.2) is 9.59 Å². The zero-order valence-corrected chi connectivity index (χ0v) is 9.52. The lowest BCUT2D eigenvalue weighted by atomic mass is 9.88. The predicted molar refractivity (Wildman–Crippen MR) is 54.0 cm³/mol. The van der Waals surface area contributed by atoms with Gasteiger partial charge in [-0.05, 0) is 0 Å². The quantitative estimate of drug-likeness (QED) is 0.733. The summed E-state index contributed by atoms with van der Waals surface area (Å²) in [6.45, 7) is 1.84. The summed E-state index contributed by atoms with van der Waals surface area (Å²) in [5.74, 6) is -0.612. The van der Waals surface area contributed by atoms with Crippen molar-refractivity contribution in [3.63, 3.8) is 0 Å². The van der Waals surface area contributed by atoms with Gasteiger partial charge in [-0.3, -0.25) is 0 Å². The van der Waals surface area contributed by atoms with Gasteiger partial charge in [-0.1, -0.05) is 6.92 Å². The average Bonchev–Trinajstić information content (AvgIpc) is 2.81. The Labute approximate surface area is 97.4 Å². The number of carbonyl (C=O) groups is 2. The SMILES string of the molecule is CC[C@@]1(OC(=O)OC)C(=O)OCc2cocc21. The fourth-order valence-electron chi connectivity index (χ4n) is 1.85. The number of esters is 1. The highest BCUT2D eigenvalue weighted by Gasteiger charge is 2.50. The van der Waals surface area contributed by atoms with E-state index in [4.69, 9.17) is 13.9 Å². The van der Waals surface area contributed by atoms with Gasteiger partial charge in [0.1, 0.15) is 6.61 Å². The number of hydrogen-bond donors (Lipinski definition) is 0. The van der Waals surface area contributed by atoms with Crippen LogP contribution in [0.1, 0.15) is 24.5 Å². The number of carbonyl (C=O) groups excluding carboxylic acids is 2. The largest absolute Gasteiger partial charge is 0.509 e. The van der Waals surface area contributed by atoms with Gasteiger partial charge in [-0.2, -0.15) is 0 Å². The van der Waals surface area contributed by atoms with E-state index >= 15 is 0 Å². The maximum atomic E-state index is 11.9. The summed E-state index contributed by atoms with van der Waals surface area (Å²) >= 11 is 0. The molecule has 0 bridgehead atoms. The summed E-state index contributed by atoms with van der Waals surface area (Å²) < 4.78 is 19.5. The molecule has 0 radical (unpaired) electrons. The Morgan fingerprint density at radius 3 is 2.94 bits per heavy atom. The van der Waals surface area contributed by atoms with Gasteiger partial charge in [0.15, 0.2) is 0 Å². The van der Waals surface area contributed by atoms with Crippen molar-refractivity contribution in [2.45, 2.75) is 25.6 Å². The summed E-state index contributed by atoms with van der Waals surface area (Å²) in [5.41, 5.74) is -0.259. The molecular formula is C11H12O6. The molecule has 0 N–H and O–H groups in total. The molecule has 1 atom stereocenters. The van der Waals surface area contributed by atoms with Gasteiger partial charge in [0.2, 0.25) is 5.60 Å². The van der Waals surface area contributed by atoms with E-state index in [0.717, 1.165) is 0 Å². The summed E-state index contributed by atoms with van der Waals surface area (Å²) in [5, 5.41) is 0. The van der Waals surface area contributed by atoms with Crippen LogP contribution in [-0.2, 0) is 31.2 Å². The molecule has 1 aliphatic heterocycles. The number of cyclic esters (lactones) is 1. The van der Waals surface area contributed by atoms with Gasteiger partial charge >= 0.3 is 12.1 Å². The lowest BCUT2D eigenvalue weighted by molar-refractivity contribution is -0.174. The molecule has 0 amide bonds. The number of rotatable bonds is 2. The lowest BCUT2D eigenvalue weighted by Gasteiger charge is -2.32. The minimum atomic E-state index is -1.46. The maximum Gasteiger partial charge on any atom is 0.509 e. The summed E-state index contributed by atoms with van der Waals surface area (Å²) in [7, 11) is 1.18. The molecule has 0 unspecified atom stereocenters.